The summed E-state index contributed by atoms with van der Waals surface area (Å²) in [6.45, 7) is 3.77. The van der Waals surface area contributed by atoms with E-state index >= 15 is 0 Å². The molecule has 1 heterocycles. The van der Waals surface area contributed by atoms with Gasteiger partial charge in [-0.05, 0) is 50.2 Å². The van der Waals surface area contributed by atoms with Gasteiger partial charge in [-0.1, -0.05) is 12.1 Å². The van der Waals surface area contributed by atoms with Crippen LogP contribution in [0.15, 0.2) is 59.4 Å². The summed E-state index contributed by atoms with van der Waals surface area (Å²) in [7, 11) is 0. The third kappa shape index (κ3) is 4.43. The Kier molecular flexibility index (Phi) is 5.84. The van der Waals surface area contributed by atoms with E-state index in [9.17, 15) is 14.0 Å². The number of halogens is 1. The lowest BCUT2D eigenvalue weighted by atomic mass is 10.2. The molecule has 2 aromatic carbocycles. The standard InChI is InChI=1S/C21H20FN3O3/c1-3-28-18-7-5-4-6-17(18)24-19(26)13-25-20(27)12-14(2)23-21(25)15-8-10-16(22)11-9-15/h4-12H,3,13H2,1-2H3,(H,24,26). The minimum atomic E-state index is -0.400. The molecule has 144 valence electrons. The van der Waals surface area contributed by atoms with Gasteiger partial charge in [0.05, 0.1) is 12.3 Å². The molecule has 1 amide bonds. The Morgan fingerprint density at radius 2 is 1.89 bits per heavy atom. The Balaban J connectivity index is 1.91. The highest BCUT2D eigenvalue weighted by Crippen LogP contribution is 2.24. The predicted molar refractivity (Wildman–Crippen MR) is 105 cm³/mol. The van der Waals surface area contributed by atoms with Crippen LogP contribution in [0.4, 0.5) is 10.1 Å². The van der Waals surface area contributed by atoms with Crippen LogP contribution >= 0.6 is 0 Å². The highest BCUT2D eigenvalue weighted by Gasteiger charge is 2.14. The molecule has 6 nitrogen and oxygen atoms in total. The third-order valence-corrected chi connectivity index (χ3v) is 4.00. The number of benzene rings is 2. The van der Waals surface area contributed by atoms with Crippen molar-refractivity contribution in [3.8, 4) is 17.1 Å². The van der Waals surface area contributed by atoms with E-state index in [4.69, 9.17) is 4.74 Å². The maximum absolute atomic E-state index is 13.2. The first-order valence-corrected chi connectivity index (χ1v) is 8.84. The Morgan fingerprint density at radius 3 is 2.61 bits per heavy atom. The van der Waals surface area contributed by atoms with Crippen molar-refractivity contribution in [2.24, 2.45) is 0 Å². The number of carbonyl (C=O) groups excluding carboxylic acids is 1. The van der Waals surface area contributed by atoms with Gasteiger partial charge in [0.15, 0.2) is 0 Å². The number of para-hydroxylation sites is 2. The van der Waals surface area contributed by atoms with Crippen LogP contribution < -0.4 is 15.6 Å². The van der Waals surface area contributed by atoms with E-state index in [0.717, 1.165) is 0 Å². The number of aromatic nitrogens is 2. The fraction of sp³-hybridized carbons (Fsp3) is 0.190. The Morgan fingerprint density at radius 1 is 1.18 bits per heavy atom. The topological polar surface area (TPSA) is 73.2 Å². The van der Waals surface area contributed by atoms with E-state index in [-0.39, 0.29) is 12.1 Å². The summed E-state index contributed by atoms with van der Waals surface area (Å²) in [5, 5.41) is 2.76. The van der Waals surface area contributed by atoms with Crippen molar-refractivity contribution in [1.82, 2.24) is 9.55 Å². The lowest BCUT2D eigenvalue weighted by Gasteiger charge is -2.14. The molecule has 0 saturated heterocycles. The second-order valence-electron chi connectivity index (χ2n) is 6.13. The molecule has 0 aliphatic carbocycles. The van der Waals surface area contributed by atoms with Gasteiger partial charge in [-0.3, -0.25) is 14.2 Å². The largest absolute Gasteiger partial charge is 0.492 e. The van der Waals surface area contributed by atoms with Gasteiger partial charge >= 0.3 is 0 Å². The number of ether oxygens (including phenoxy) is 1. The molecular weight excluding hydrogens is 361 g/mol. The van der Waals surface area contributed by atoms with Crippen LogP contribution in [0.25, 0.3) is 11.4 Å². The summed E-state index contributed by atoms with van der Waals surface area (Å²) < 4.78 is 20.0. The third-order valence-electron chi connectivity index (χ3n) is 4.00. The lowest BCUT2D eigenvalue weighted by molar-refractivity contribution is -0.116. The van der Waals surface area contributed by atoms with Crippen molar-refractivity contribution in [3.05, 3.63) is 76.5 Å². The molecule has 0 fully saturated rings. The maximum Gasteiger partial charge on any atom is 0.254 e. The molecule has 0 aliphatic rings. The quantitative estimate of drug-likeness (QED) is 0.710. The number of rotatable bonds is 6. The lowest BCUT2D eigenvalue weighted by Crippen LogP contribution is -2.29. The molecule has 0 unspecified atom stereocenters. The smallest absolute Gasteiger partial charge is 0.254 e. The zero-order valence-electron chi connectivity index (χ0n) is 15.6. The van der Waals surface area contributed by atoms with Crippen LogP contribution in [0.3, 0.4) is 0 Å². The molecule has 0 bridgehead atoms. The average molecular weight is 381 g/mol. The maximum atomic E-state index is 13.2. The highest BCUT2D eigenvalue weighted by molar-refractivity contribution is 5.92. The second-order valence-corrected chi connectivity index (χ2v) is 6.13. The van der Waals surface area contributed by atoms with Crippen molar-refractivity contribution in [2.75, 3.05) is 11.9 Å². The minimum Gasteiger partial charge on any atom is -0.492 e. The molecule has 28 heavy (non-hydrogen) atoms. The molecule has 0 atom stereocenters. The van der Waals surface area contributed by atoms with Gasteiger partial charge in [0.25, 0.3) is 5.56 Å². The summed E-state index contributed by atoms with van der Waals surface area (Å²) in [6, 6.07) is 14.0. The van der Waals surface area contributed by atoms with E-state index in [2.05, 4.69) is 10.3 Å². The molecular formula is C21H20FN3O3. The van der Waals surface area contributed by atoms with E-state index < -0.39 is 11.7 Å². The fourth-order valence-electron chi connectivity index (χ4n) is 2.78. The van der Waals surface area contributed by atoms with E-state index in [0.29, 0.717) is 35.1 Å². The molecule has 3 rings (SSSR count). The molecule has 1 N–H and O–H groups in total. The number of nitrogens with one attached hydrogen (secondary N) is 1. The molecule has 7 heteroatoms. The minimum absolute atomic E-state index is 0.237. The van der Waals surface area contributed by atoms with Crippen LogP contribution in [-0.4, -0.2) is 22.1 Å². The number of aryl methyl sites for hydroxylation is 1. The van der Waals surface area contributed by atoms with E-state index in [1.54, 1.807) is 25.1 Å². The molecule has 0 radical (unpaired) electrons. The molecule has 1 aromatic heterocycles. The molecule has 0 saturated carbocycles. The Bertz CT molecular complexity index is 1050. The second kappa shape index (κ2) is 8.47. The normalized spacial score (nSPS) is 10.5. The van der Waals surface area contributed by atoms with E-state index in [1.807, 2.05) is 13.0 Å². The van der Waals surface area contributed by atoms with Gasteiger partial charge < -0.3 is 10.1 Å². The number of amides is 1. The van der Waals surface area contributed by atoms with Gasteiger partial charge in [0, 0.05) is 17.3 Å². The monoisotopic (exact) mass is 381 g/mol. The van der Waals surface area contributed by atoms with Gasteiger partial charge in [-0.25, -0.2) is 9.37 Å². The van der Waals surface area contributed by atoms with Gasteiger partial charge in [-0.15, -0.1) is 0 Å². The van der Waals surface area contributed by atoms with Crippen LogP contribution in [0.1, 0.15) is 12.6 Å². The van der Waals surface area contributed by atoms with Gasteiger partial charge in [0.2, 0.25) is 5.91 Å². The summed E-state index contributed by atoms with van der Waals surface area (Å²) in [4.78, 5) is 29.5. The summed E-state index contributed by atoms with van der Waals surface area (Å²) in [6.07, 6.45) is 0. The number of hydrogen-bond acceptors (Lipinski definition) is 4. The zero-order chi connectivity index (χ0) is 20.1. The number of anilines is 1. The van der Waals surface area contributed by atoms with Crippen molar-refractivity contribution < 1.29 is 13.9 Å². The van der Waals surface area contributed by atoms with Crippen LogP contribution in [-0.2, 0) is 11.3 Å². The Hall–Kier alpha value is -3.48. The fourth-order valence-corrected chi connectivity index (χ4v) is 2.78. The first-order chi connectivity index (χ1) is 13.5. The summed E-state index contributed by atoms with van der Waals surface area (Å²) in [5.74, 6) is 0.0589. The highest BCUT2D eigenvalue weighted by atomic mass is 19.1. The van der Waals surface area contributed by atoms with Gasteiger partial charge in [-0.2, -0.15) is 0 Å². The summed E-state index contributed by atoms with van der Waals surface area (Å²) >= 11 is 0. The zero-order valence-corrected chi connectivity index (χ0v) is 15.6. The molecule has 0 spiro atoms. The predicted octanol–water partition coefficient (Wildman–Crippen LogP) is 3.40. The van der Waals surface area contributed by atoms with Crippen molar-refractivity contribution >= 4 is 11.6 Å². The molecule has 3 aromatic rings. The summed E-state index contributed by atoms with van der Waals surface area (Å²) in [5.41, 5.74) is 1.22. The first-order valence-electron chi connectivity index (χ1n) is 8.84. The number of carbonyl (C=O) groups is 1. The van der Waals surface area contributed by atoms with E-state index in [1.165, 1.54) is 34.9 Å². The SMILES string of the molecule is CCOc1ccccc1NC(=O)Cn1c(-c2ccc(F)cc2)nc(C)cc1=O. The molecule has 0 aliphatic heterocycles. The Labute approximate surface area is 161 Å². The average Bonchev–Trinajstić information content (AvgIpc) is 2.66. The van der Waals surface area contributed by atoms with Crippen LogP contribution in [0.2, 0.25) is 0 Å². The van der Waals surface area contributed by atoms with Crippen molar-refractivity contribution in [2.45, 2.75) is 20.4 Å². The van der Waals surface area contributed by atoms with Crippen LogP contribution in [0.5, 0.6) is 5.75 Å². The van der Waals surface area contributed by atoms with Crippen molar-refractivity contribution in [3.63, 3.8) is 0 Å². The number of nitrogens with zero attached hydrogens (tertiary/aromatic N) is 2. The van der Waals surface area contributed by atoms with Crippen molar-refractivity contribution in [1.29, 1.82) is 0 Å². The van der Waals surface area contributed by atoms with Crippen LogP contribution in [0, 0.1) is 12.7 Å². The number of hydrogen-bond donors (Lipinski definition) is 1. The van der Waals surface area contributed by atoms with Gasteiger partial charge in [0.1, 0.15) is 23.9 Å². The first kappa shape index (κ1) is 19.3.